The number of fused-ring (bicyclic) bond motifs is 2. The van der Waals surface area contributed by atoms with E-state index in [0.29, 0.717) is 5.92 Å². The van der Waals surface area contributed by atoms with Gasteiger partial charge in [-0.05, 0) is 78.1 Å². The number of pyridine rings is 2. The minimum Gasteiger partial charge on any atom is -0.512 e. The van der Waals surface area contributed by atoms with Crippen LogP contribution >= 0.6 is 11.3 Å². The SMILES string of the molecule is CC(C)Cc1cc(-c2ccnc(-c3[c-]c4ccccc4c(C(C)(C)C)c3)c2)nc2ccsc12.CCC(C)(CC)C(=O)/C=C(\O)C(C)(CC)CC.[Ir]. The summed E-state index contributed by atoms with van der Waals surface area (Å²) >= 11 is 1.78. The first-order valence-corrected chi connectivity index (χ1v) is 19.2. The molecule has 1 radical (unpaired) electrons. The number of rotatable bonds is 11. The van der Waals surface area contributed by atoms with Crippen LogP contribution in [0.1, 0.15) is 113 Å². The summed E-state index contributed by atoms with van der Waals surface area (Å²) in [6.45, 7) is 23.4. The molecule has 6 heteroatoms. The quantitative estimate of drug-likeness (QED) is 0.0815. The predicted octanol–water partition coefficient (Wildman–Crippen LogP) is 13.1. The normalized spacial score (nSPS) is 12.5. The van der Waals surface area contributed by atoms with Crippen LogP contribution in [0.2, 0.25) is 0 Å². The summed E-state index contributed by atoms with van der Waals surface area (Å²) in [4.78, 5) is 21.9. The molecule has 0 amide bonds. The molecule has 0 aliphatic rings. The smallest absolute Gasteiger partial charge is 0.164 e. The van der Waals surface area contributed by atoms with Crippen molar-refractivity contribution in [2.75, 3.05) is 0 Å². The van der Waals surface area contributed by atoms with Crippen LogP contribution in [0.15, 0.2) is 78.0 Å². The molecule has 3 aromatic heterocycles. The Morgan fingerprint density at radius 1 is 0.882 bits per heavy atom. The van der Waals surface area contributed by atoms with Gasteiger partial charge in [0, 0.05) is 48.9 Å². The van der Waals surface area contributed by atoms with E-state index in [1.54, 1.807) is 11.3 Å². The third-order valence-electron chi connectivity index (χ3n) is 10.6. The fraction of sp³-hybridized carbons (Fsp3) is 0.444. The van der Waals surface area contributed by atoms with E-state index in [9.17, 15) is 9.90 Å². The minimum absolute atomic E-state index is 0. The number of aliphatic hydroxyl groups excluding tert-OH is 1. The van der Waals surface area contributed by atoms with Crippen molar-refractivity contribution >= 4 is 38.1 Å². The van der Waals surface area contributed by atoms with Gasteiger partial charge in [0.1, 0.15) is 5.76 Å². The maximum atomic E-state index is 12.2. The minimum atomic E-state index is -0.337. The van der Waals surface area contributed by atoms with Gasteiger partial charge in [-0.15, -0.1) is 40.5 Å². The van der Waals surface area contributed by atoms with E-state index in [4.69, 9.17) is 9.97 Å². The van der Waals surface area contributed by atoms with E-state index < -0.39 is 0 Å². The number of hydrogen-bond acceptors (Lipinski definition) is 5. The third kappa shape index (κ3) is 9.83. The molecule has 0 aliphatic carbocycles. The number of carbonyl (C=O) groups is 1. The number of carbonyl (C=O) groups excluding carboxylic acids is 1. The first-order valence-electron chi connectivity index (χ1n) is 18.3. The molecule has 2 aromatic carbocycles. The van der Waals surface area contributed by atoms with Crippen LogP contribution in [0.5, 0.6) is 0 Å². The van der Waals surface area contributed by atoms with Gasteiger partial charge in [0.2, 0.25) is 0 Å². The van der Waals surface area contributed by atoms with E-state index >= 15 is 0 Å². The largest absolute Gasteiger partial charge is 0.512 e. The summed E-state index contributed by atoms with van der Waals surface area (Å²) in [6.07, 6.45) is 7.70. The van der Waals surface area contributed by atoms with Crippen molar-refractivity contribution < 1.29 is 30.0 Å². The Kier molecular flexibility index (Phi) is 14.5. The average Bonchev–Trinajstić information content (AvgIpc) is 3.59. The monoisotopic (exact) mass is 882 g/mol. The van der Waals surface area contributed by atoms with Gasteiger partial charge in [-0.2, -0.15) is 0 Å². The Bertz CT molecular complexity index is 1960. The Balaban J connectivity index is 0.000000335. The second-order valence-corrected chi connectivity index (χ2v) is 16.6. The molecule has 0 aliphatic heterocycles. The summed E-state index contributed by atoms with van der Waals surface area (Å²) in [6, 6.07) is 23.0. The summed E-state index contributed by atoms with van der Waals surface area (Å²) in [5.41, 5.74) is 7.27. The van der Waals surface area contributed by atoms with Crippen LogP contribution in [0, 0.1) is 22.8 Å². The first kappa shape index (κ1) is 42.2. The Labute approximate surface area is 324 Å². The van der Waals surface area contributed by atoms with Crippen molar-refractivity contribution in [2.24, 2.45) is 16.7 Å². The molecule has 0 bridgehead atoms. The number of benzene rings is 2. The summed E-state index contributed by atoms with van der Waals surface area (Å²) < 4.78 is 1.31. The van der Waals surface area contributed by atoms with Crippen molar-refractivity contribution in [3.8, 4) is 22.5 Å². The van der Waals surface area contributed by atoms with E-state index in [0.717, 1.165) is 65.5 Å². The number of ketones is 1. The van der Waals surface area contributed by atoms with Crippen LogP contribution in [-0.4, -0.2) is 20.9 Å². The number of thiophene rings is 1. The van der Waals surface area contributed by atoms with E-state index in [2.05, 4.69) is 101 Å². The number of hydrogen-bond donors (Lipinski definition) is 1. The fourth-order valence-corrected chi connectivity index (χ4v) is 7.03. The van der Waals surface area contributed by atoms with Gasteiger partial charge in [-0.1, -0.05) is 111 Å². The molecule has 0 unspecified atom stereocenters. The molecule has 0 saturated heterocycles. The van der Waals surface area contributed by atoms with Crippen molar-refractivity contribution in [3.63, 3.8) is 0 Å². The Morgan fingerprint density at radius 3 is 2.14 bits per heavy atom. The Hall–Kier alpha value is -3.18. The van der Waals surface area contributed by atoms with Crippen LogP contribution in [0.25, 0.3) is 43.5 Å². The van der Waals surface area contributed by atoms with E-state index in [-0.39, 0.29) is 47.9 Å². The number of aromatic nitrogens is 2. The molecular formula is C45H57IrN2O2S-. The van der Waals surface area contributed by atoms with Gasteiger partial charge < -0.3 is 5.11 Å². The summed E-state index contributed by atoms with van der Waals surface area (Å²) in [7, 11) is 0. The van der Waals surface area contributed by atoms with Gasteiger partial charge >= 0.3 is 0 Å². The molecule has 0 spiro atoms. The molecule has 4 nitrogen and oxygen atoms in total. The molecule has 3 heterocycles. The van der Waals surface area contributed by atoms with E-state index in [1.807, 2.05) is 47.7 Å². The molecule has 0 atom stereocenters. The maximum absolute atomic E-state index is 12.2. The zero-order chi connectivity index (χ0) is 36.9. The molecule has 5 aromatic rings. The maximum Gasteiger partial charge on any atom is 0.164 e. The van der Waals surface area contributed by atoms with Crippen molar-refractivity contribution in [2.45, 2.75) is 114 Å². The van der Waals surface area contributed by atoms with Crippen LogP contribution in [0.3, 0.4) is 0 Å². The molecule has 1 N–H and O–H groups in total. The number of allylic oxidation sites excluding steroid dienone is 2. The van der Waals surface area contributed by atoms with Gasteiger partial charge in [0.05, 0.1) is 15.9 Å². The molecule has 275 valence electrons. The van der Waals surface area contributed by atoms with Gasteiger partial charge in [-0.25, -0.2) is 4.98 Å². The standard InChI is InChI=1S/C30H29N2S.C15H28O2.Ir/c1-19(2)14-23-18-28(32-26-11-13-33-29(23)26)21-10-12-31-27(17-21)22-15-20-8-6-7-9-24(20)25(16-22)30(3,4)5;1-7-14(5,8-2)12(16)11-13(17)15(6,9-3)10-4;/h6-13,16-19H,14H2,1-5H3;11,16H,7-10H2,1-6H3;/q-1;;/b;12-11-;. The van der Waals surface area contributed by atoms with Crippen molar-refractivity contribution in [1.82, 2.24) is 9.97 Å². The summed E-state index contributed by atoms with van der Waals surface area (Å²) in [5, 5.41) is 14.7. The second-order valence-electron chi connectivity index (χ2n) is 15.7. The number of nitrogens with zero attached hydrogens (tertiary/aromatic N) is 2. The first-order chi connectivity index (χ1) is 23.6. The van der Waals surface area contributed by atoms with Crippen LogP contribution in [-0.2, 0) is 36.7 Å². The van der Waals surface area contributed by atoms with Crippen LogP contribution < -0.4 is 0 Å². The molecule has 0 saturated carbocycles. The molecular weight excluding hydrogens is 825 g/mol. The molecule has 51 heavy (non-hydrogen) atoms. The summed E-state index contributed by atoms with van der Waals surface area (Å²) in [5.74, 6) is 0.885. The second kappa shape index (κ2) is 17.6. The zero-order valence-electron chi connectivity index (χ0n) is 32.5. The molecule has 0 fully saturated rings. The van der Waals surface area contributed by atoms with Gasteiger partial charge in [0.15, 0.2) is 5.78 Å². The average molecular weight is 882 g/mol. The predicted molar refractivity (Wildman–Crippen MR) is 215 cm³/mol. The van der Waals surface area contributed by atoms with Crippen LogP contribution in [0.4, 0.5) is 0 Å². The topological polar surface area (TPSA) is 63.1 Å². The van der Waals surface area contributed by atoms with Gasteiger partial charge in [-0.3, -0.25) is 9.78 Å². The van der Waals surface area contributed by atoms with E-state index in [1.165, 1.54) is 27.3 Å². The fourth-order valence-electron chi connectivity index (χ4n) is 6.17. The van der Waals surface area contributed by atoms with Crippen molar-refractivity contribution in [1.29, 1.82) is 0 Å². The Morgan fingerprint density at radius 2 is 1.53 bits per heavy atom. The zero-order valence-corrected chi connectivity index (χ0v) is 35.7. The van der Waals surface area contributed by atoms with Crippen molar-refractivity contribution in [3.05, 3.63) is 95.2 Å². The number of aliphatic hydroxyl groups is 1. The molecule has 5 rings (SSSR count). The van der Waals surface area contributed by atoms with Gasteiger partial charge in [0.25, 0.3) is 0 Å². The third-order valence-corrected chi connectivity index (χ3v) is 11.6.